The van der Waals surface area contributed by atoms with E-state index >= 15 is 0 Å². The second kappa shape index (κ2) is 21.0. The number of hydrogen-bond donors (Lipinski definition) is 3. The van der Waals surface area contributed by atoms with Gasteiger partial charge in [0, 0.05) is 47.6 Å². The fourth-order valence-corrected chi connectivity index (χ4v) is 9.17. The molecule has 0 spiro atoms. The van der Waals surface area contributed by atoms with E-state index < -0.39 is 11.6 Å². The minimum absolute atomic E-state index is 0.0814. The number of carboxylic acid groups (broad SMARTS) is 1. The first-order valence-corrected chi connectivity index (χ1v) is 21.9. The summed E-state index contributed by atoms with van der Waals surface area (Å²) in [5, 5.41) is 22.1. The molecule has 4 N–H and O–H groups in total. The molecule has 7 rings (SSSR count). The summed E-state index contributed by atoms with van der Waals surface area (Å²) in [5.74, 6) is 0.122. The van der Waals surface area contributed by atoms with Crippen molar-refractivity contribution >= 4 is 52.4 Å². The number of aromatic nitrogens is 1. The highest BCUT2D eigenvalue weighted by Crippen LogP contribution is 2.53. The van der Waals surface area contributed by atoms with Crippen molar-refractivity contribution in [2.45, 2.75) is 69.9 Å². The molecule has 1 fully saturated rings. The summed E-state index contributed by atoms with van der Waals surface area (Å²) >= 11 is 8.04. The van der Waals surface area contributed by atoms with Crippen LogP contribution < -0.4 is 5.73 Å². The van der Waals surface area contributed by atoms with Crippen LogP contribution in [0.1, 0.15) is 83.9 Å². The summed E-state index contributed by atoms with van der Waals surface area (Å²) in [5.41, 5.74) is 13.5. The van der Waals surface area contributed by atoms with Crippen LogP contribution in [0.25, 0.3) is 23.1 Å². The van der Waals surface area contributed by atoms with Gasteiger partial charge in [0.05, 0.1) is 23.2 Å². The molecule has 6 aromatic rings. The van der Waals surface area contributed by atoms with Crippen molar-refractivity contribution in [2.75, 3.05) is 18.8 Å². The fourth-order valence-electron chi connectivity index (χ4n) is 7.44. The van der Waals surface area contributed by atoms with Gasteiger partial charge in [0.25, 0.3) is 0 Å². The minimum Gasteiger partial charge on any atom is -0.481 e. The molecular weight excluding hydrogens is 770 g/mol. The predicted molar refractivity (Wildman–Crippen MR) is 247 cm³/mol. The molecule has 306 valence electrons. The monoisotopic (exact) mass is 825 g/mol. The molecule has 5 aromatic carbocycles. The molecule has 0 amide bonds. The van der Waals surface area contributed by atoms with Gasteiger partial charge in [0.15, 0.2) is 0 Å². The highest BCUT2D eigenvalue weighted by Gasteiger charge is 2.44. The zero-order chi connectivity index (χ0) is 41.7. The molecule has 1 heterocycles. The summed E-state index contributed by atoms with van der Waals surface area (Å²) in [6.07, 6.45) is 8.02. The Morgan fingerprint density at radius 2 is 1.53 bits per heavy atom. The lowest BCUT2D eigenvalue weighted by Gasteiger charge is -2.24. The maximum atomic E-state index is 11.5. The fraction of sp³-hybridized carbons (Fsp3) is 0.294. The average molecular weight is 827 g/mol. The van der Waals surface area contributed by atoms with Gasteiger partial charge in [-0.1, -0.05) is 139 Å². The van der Waals surface area contributed by atoms with Crippen LogP contribution >= 0.6 is 23.4 Å². The Kier molecular flexibility index (Phi) is 15.6. The van der Waals surface area contributed by atoms with Gasteiger partial charge >= 0.3 is 5.97 Å². The number of aliphatic hydroxyl groups is 1. The summed E-state index contributed by atoms with van der Waals surface area (Å²) < 4.78 is 0. The van der Waals surface area contributed by atoms with Crippen molar-refractivity contribution in [3.05, 3.63) is 184 Å². The van der Waals surface area contributed by atoms with Crippen LogP contribution in [0.3, 0.4) is 0 Å². The lowest BCUT2D eigenvalue weighted by atomic mass is 9.90. The minimum atomic E-state index is -0.911. The Hall–Kier alpha value is -4.76. The summed E-state index contributed by atoms with van der Waals surface area (Å²) in [6, 6.07) is 47.5. The van der Waals surface area contributed by atoms with E-state index in [1.807, 2.05) is 86.3 Å². The number of fused-ring (bicyclic) bond motifs is 1. The molecule has 0 bridgehead atoms. The topological polar surface area (TPSA) is 99.7 Å². The molecule has 1 aliphatic rings. The van der Waals surface area contributed by atoms with E-state index in [1.54, 1.807) is 0 Å². The van der Waals surface area contributed by atoms with E-state index in [2.05, 4.69) is 95.9 Å². The number of aliphatic carboxylic acids is 1. The maximum Gasteiger partial charge on any atom is 0.303 e. The van der Waals surface area contributed by atoms with Gasteiger partial charge in [-0.25, -0.2) is 4.98 Å². The van der Waals surface area contributed by atoms with Crippen LogP contribution in [-0.2, 0) is 29.9 Å². The highest BCUT2D eigenvalue weighted by atomic mass is 35.5. The van der Waals surface area contributed by atoms with Crippen molar-refractivity contribution in [3.63, 3.8) is 0 Å². The summed E-state index contributed by atoms with van der Waals surface area (Å²) in [4.78, 5) is 18.6. The van der Waals surface area contributed by atoms with Crippen LogP contribution in [0.15, 0.2) is 140 Å². The SMILES string of the molecule is CC(C)(O)c1ccccc1CC[C@@H](SCC1(CC(=O)O)CC1)c1cccc(C=Cc2ccc3ccc(Cl)cc3n2)c1.NCCN(Cc1ccccc1)Cc1ccccc1. The van der Waals surface area contributed by atoms with Crippen LogP contribution in [0.5, 0.6) is 0 Å². The van der Waals surface area contributed by atoms with Gasteiger partial charge in [0.1, 0.15) is 0 Å². The molecule has 59 heavy (non-hydrogen) atoms. The molecule has 6 nitrogen and oxygen atoms in total. The predicted octanol–water partition coefficient (Wildman–Crippen LogP) is 11.6. The number of hydrogen-bond acceptors (Lipinski definition) is 6. The van der Waals surface area contributed by atoms with Crippen molar-refractivity contribution in [2.24, 2.45) is 11.1 Å². The number of benzene rings is 5. The van der Waals surface area contributed by atoms with Gasteiger partial charge in [0.2, 0.25) is 0 Å². The Morgan fingerprint density at radius 3 is 2.17 bits per heavy atom. The number of nitrogens with zero attached hydrogens (tertiary/aromatic N) is 2. The third-order valence-corrected chi connectivity index (χ3v) is 12.7. The number of carboxylic acids is 1. The summed E-state index contributed by atoms with van der Waals surface area (Å²) in [6.45, 7) is 7.18. The lowest BCUT2D eigenvalue weighted by Crippen LogP contribution is -2.28. The molecule has 0 radical (unpaired) electrons. The van der Waals surface area contributed by atoms with Gasteiger partial charge in [-0.3, -0.25) is 9.69 Å². The van der Waals surface area contributed by atoms with Crippen LogP contribution in [-0.4, -0.2) is 44.9 Å². The molecule has 0 saturated heterocycles. The third-order valence-electron chi connectivity index (χ3n) is 10.8. The van der Waals surface area contributed by atoms with Crippen LogP contribution in [0.4, 0.5) is 0 Å². The molecule has 1 aliphatic carbocycles. The largest absolute Gasteiger partial charge is 0.481 e. The number of nitrogens with two attached hydrogens (primary N) is 1. The van der Waals surface area contributed by atoms with Crippen molar-refractivity contribution in [1.29, 1.82) is 0 Å². The Balaban J connectivity index is 0.000000271. The van der Waals surface area contributed by atoms with Gasteiger partial charge in [-0.05, 0) is 103 Å². The number of carbonyl (C=O) groups is 1. The maximum absolute atomic E-state index is 11.5. The standard InChI is InChI=1S/C35H36ClNO3S.C16H20N2/c1-34(2,40)30-9-4-3-7-25(30)13-17-32(41-23-35(18-19-35)22-33(38)39)27-8-5-6-24(20-27)10-15-29-16-12-26-11-14-28(36)21-31(26)37-29;17-11-12-18(13-15-7-3-1-4-8-15)14-16-9-5-2-6-10-16/h3-12,14-16,20-21,32,40H,13,17-19,22-23H2,1-2H3,(H,38,39);1-10H,11-14,17H2/t32-;/m1./s1. The third kappa shape index (κ3) is 13.6. The second-order valence-corrected chi connectivity index (χ2v) is 17.8. The van der Waals surface area contributed by atoms with Gasteiger partial charge < -0.3 is 15.9 Å². The molecule has 0 aliphatic heterocycles. The molecular formula is C51H56ClN3O3S. The zero-order valence-corrected chi connectivity index (χ0v) is 35.7. The zero-order valence-electron chi connectivity index (χ0n) is 34.1. The number of rotatable bonds is 18. The van der Waals surface area contributed by atoms with Crippen LogP contribution in [0.2, 0.25) is 5.02 Å². The number of thioether (sulfide) groups is 1. The van der Waals surface area contributed by atoms with Gasteiger partial charge in [-0.15, -0.1) is 0 Å². The molecule has 1 saturated carbocycles. The van der Waals surface area contributed by atoms with E-state index in [4.69, 9.17) is 22.3 Å². The lowest BCUT2D eigenvalue weighted by molar-refractivity contribution is -0.138. The van der Waals surface area contributed by atoms with E-state index in [1.165, 1.54) is 16.7 Å². The van der Waals surface area contributed by atoms with E-state index in [9.17, 15) is 15.0 Å². The molecule has 1 atom stereocenters. The molecule has 8 heteroatoms. The van der Waals surface area contributed by atoms with E-state index in [-0.39, 0.29) is 17.1 Å². The smallest absolute Gasteiger partial charge is 0.303 e. The number of aryl methyl sites for hydroxylation is 1. The molecule has 1 aromatic heterocycles. The normalized spacial score (nSPS) is 13.9. The second-order valence-electron chi connectivity index (χ2n) is 16.2. The first-order chi connectivity index (χ1) is 28.5. The van der Waals surface area contributed by atoms with E-state index in [0.717, 1.165) is 84.4 Å². The Bertz CT molecular complexity index is 2250. The quantitative estimate of drug-likeness (QED) is 0.0793. The van der Waals surface area contributed by atoms with Gasteiger partial charge in [-0.2, -0.15) is 11.8 Å². The first-order valence-electron chi connectivity index (χ1n) is 20.5. The Labute approximate surface area is 359 Å². The van der Waals surface area contributed by atoms with Crippen molar-refractivity contribution in [3.8, 4) is 0 Å². The van der Waals surface area contributed by atoms with E-state index in [0.29, 0.717) is 11.6 Å². The molecule has 0 unspecified atom stereocenters. The average Bonchev–Trinajstić information content (AvgIpc) is 3.99. The van der Waals surface area contributed by atoms with Crippen molar-refractivity contribution < 1.29 is 15.0 Å². The summed E-state index contributed by atoms with van der Waals surface area (Å²) in [7, 11) is 0. The first kappa shape index (κ1) is 43.8. The number of pyridine rings is 1. The number of halogens is 1. The Morgan fingerprint density at radius 1 is 0.864 bits per heavy atom. The van der Waals surface area contributed by atoms with Crippen molar-refractivity contribution in [1.82, 2.24) is 9.88 Å². The van der Waals surface area contributed by atoms with Crippen LogP contribution in [0, 0.1) is 5.41 Å². The highest BCUT2D eigenvalue weighted by molar-refractivity contribution is 7.99.